The summed E-state index contributed by atoms with van der Waals surface area (Å²) >= 11 is 0. The molecular weight excluding hydrogens is 326 g/mol. The number of hydrogen-bond donors (Lipinski definition) is 2. The molecule has 1 aliphatic carbocycles. The highest BCUT2D eigenvalue weighted by Crippen LogP contribution is 2.33. The maximum absolute atomic E-state index is 12.3. The van der Waals surface area contributed by atoms with Gasteiger partial charge >= 0.3 is 0 Å². The fourth-order valence-electron chi connectivity index (χ4n) is 4.42. The molecule has 5 nitrogen and oxygen atoms in total. The van der Waals surface area contributed by atoms with Crippen LogP contribution in [-0.2, 0) is 9.59 Å². The lowest BCUT2D eigenvalue weighted by molar-refractivity contribution is -0.131. The van der Waals surface area contributed by atoms with Crippen molar-refractivity contribution in [2.24, 2.45) is 5.92 Å². The maximum atomic E-state index is 12.3. The predicted molar refractivity (Wildman–Crippen MR) is 97.2 cm³/mol. The summed E-state index contributed by atoms with van der Waals surface area (Å²) in [5, 5.41) is 6.47. The lowest BCUT2D eigenvalue weighted by atomic mass is 9.85. The second kappa shape index (κ2) is 9.62. The fraction of sp³-hybridized carbons (Fsp3) is 0.889. The molecule has 0 spiro atoms. The van der Waals surface area contributed by atoms with Crippen molar-refractivity contribution in [3.63, 3.8) is 0 Å². The molecule has 0 radical (unpaired) electrons. The van der Waals surface area contributed by atoms with Crippen LogP contribution in [0.25, 0.3) is 0 Å². The number of fused-ring (bicyclic) bond motifs is 1. The smallest absolute Gasteiger partial charge is 0.237 e. The van der Waals surface area contributed by atoms with E-state index < -0.39 is 0 Å². The van der Waals surface area contributed by atoms with Crippen molar-refractivity contribution >= 4 is 24.2 Å². The van der Waals surface area contributed by atoms with Crippen LogP contribution in [0.2, 0.25) is 0 Å². The number of nitrogens with zero attached hydrogens (tertiary/aromatic N) is 1. The van der Waals surface area contributed by atoms with E-state index in [9.17, 15) is 9.59 Å². The fourth-order valence-corrected chi connectivity index (χ4v) is 4.42. The van der Waals surface area contributed by atoms with Crippen LogP contribution in [0.15, 0.2) is 0 Å². The Morgan fingerprint density at radius 1 is 1.00 bits per heavy atom. The lowest BCUT2D eigenvalue weighted by Crippen LogP contribution is -2.44. The van der Waals surface area contributed by atoms with E-state index in [1.807, 2.05) is 4.90 Å². The number of amides is 2. The molecule has 3 fully saturated rings. The van der Waals surface area contributed by atoms with E-state index in [1.54, 1.807) is 0 Å². The van der Waals surface area contributed by atoms with E-state index in [0.29, 0.717) is 24.9 Å². The van der Waals surface area contributed by atoms with Crippen LogP contribution in [-0.4, -0.2) is 48.4 Å². The molecule has 2 amide bonds. The summed E-state index contributed by atoms with van der Waals surface area (Å²) in [5.41, 5.74) is 0. The van der Waals surface area contributed by atoms with Crippen molar-refractivity contribution in [3.8, 4) is 0 Å². The van der Waals surface area contributed by atoms with Gasteiger partial charge in [0.1, 0.15) is 0 Å². The Morgan fingerprint density at radius 2 is 1.71 bits per heavy atom. The van der Waals surface area contributed by atoms with Gasteiger partial charge in [-0.05, 0) is 38.0 Å². The summed E-state index contributed by atoms with van der Waals surface area (Å²) in [6.07, 6.45) is 11.2. The molecular formula is C18H32ClN3O2. The van der Waals surface area contributed by atoms with Crippen molar-refractivity contribution in [1.82, 2.24) is 15.5 Å². The molecule has 2 saturated heterocycles. The number of rotatable bonds is 4. The van der Waals surface area contributed by atoms with Gasteiger partial charge in [0.25, 0.3) is 0 Å². The van der Waals surface area contributed by atoms with Gasteiger partial charge in [-0.15, -0.1) is 12.4 Å². The number of halogens is 1. The maximum Gasteiger partial charge on any atom is 0.237 e. The topological polar surface area (TPSA) is 61.4 Å². The first kappa shape index (κ1) is 19.5. The van der Waals surface area contributed by atoms with Gasteiger partial charge < -0.3 is 15.5 Å². The van der Waals surface area contributed by atoms with E-state index >= 15 is 0 Å². The largest absolute Gasteiger partial charge is 0.354 e. The van der Waals surface area contributed by atoms with Crippen LogP contribution in [0.5, 0.6) is 0 Å². The van der Waals surface area contributed by atoms with E-state index in [0.717, 1.165) is 32.4 Å². The molecule has 6 heteroatoms. The molecule has 3 unspecified atom stereocenters. The van der Waals surface area contributed by atoms with Gasteiger partial charge in [-0.3, -0.25) is 9.59 Å². The lowest BCUT2D eigenvalue weighted by Gasteiger charge is -2.24. The summed E-state index contributed by atoms with van der Waals surface area (Å²) in [7, 11) is 0. The first-order valence-corrected chi connectivity index (χ1v) is 9.55. The Balaban J connectivity index is 0.00000208. The normalized spacial score (nSPS) is 30.0. The number of hydrogen-bond acceptors (Lipinski definition) is 3. The van der Waals surface area contributed by atoms with Gasteiger partial charge in [0.05, 0.1) is 6.04 Å². The minimum Gasteiger partial charge on any atom is -0.354 e. The van der Waals surface area contributed by atoms with Crippen LogP contribution in [0, 0.1) is 5.92 Å². The number of carbonyl (C=O) groups excluding carboxylic acids is 2. The molecule has 0 aromatic rings. The third kappa shape index (κ3) is 5.09. The second-order valence-corrected chi connectivity index (χ2v) is 7.44. The average Bonchev–Trinajstić information content (AvgIpc) is 2.81. The van der Waals surface area contributed by atoms with Crippen LogP contribution in [0.1, 0.15) is 64.2 Å². The monoisotopic (exact) mass is 357 g/mol. The van der Waals surface area contributed by atoms with Crippen LogP contribution < -0.4 is 10.6 Å². The van der Waals surface area contributed by atoms with E-state index in [1.165, 1.54) is 38.5 Å². The Morgan fingerprint density at radius 3 is 2.42 bits per heavy atom. The van der Waals surface area contributed by atoms with Crippen molar-refractivity contribution in [1.29, 1.82) is 0 Å². The van der Waals surface area contributed by atoms with Crippen molar-refractivity contribution in [3.05, 3.63) is 0 Å². The van der Waals surface area contributed by atoms with Gasteiger partial charge in [0, 0.05) is 32.1 Å². The molecule has 0 aromatic heterocycles. The van der Waals surface area contributed by atoms with Gasteiger partial charge in [0.15, 0.2) is 0 Å². The summed E-state index contributed by atoms with van der Waals surface area (Å²) < 4.78 is 0. The Kier molecular flexibility index (Phi) is 7.82. The Labute approximate surface area is 151 Å². The molecule has 0 bridgehead atoms. The Bertz CT molecular complexity index is 410. The summed E-state index contributed by atoms with van der Waals surface area (Å²) in [6.45, 7) is 2.25. The zero-order valence-corrected chi connectivity index (χ0v) is 15.4. The molecule has 2 N–H and O–H groups in total. The summed E-state index contributed by atoms with van der Waals surface area (Å²) in [5.74, 6) is 0.960. The quantitative estimate of drug-likeness (QED) is 0.811. The highest BCUT2D eigenvalue weighted by molar-refractivity contribution is 5.85. The summed E-state index contributed by atoms with van der Waals surface area (Å²) in [6, 6.07) is 0.495. The summed E-state index contributed by atoms with van der Waals surface area (Å²) in [4.78, 5) is 26.5. The Hall–Kier alpha value is -0.810. The van der Waals surface area contributed by atoms with Crippen LogP contribution in [0.4, 0.5) is 0 Å². The first-order chi connectivity index (χ1) is 11.2. The molecule has 3 rings (SSSR count). The minimum absolute atomic E-state index is 0. The third-order valence-electron chi connectivity index (χ3n) is 5.78. The minimum atomic E-state index is -0.0450. The van der Waals surface area contributed by atoms with Crippen molar-refractivity contribution in [2.75, 3.05) is 19.6 Å². The van der Waals surface area contributed by atoms with Crippen molar-refractivity contribution in [2.45, 2.75) is 76.3 Å². The standard InChI is InChI=1S/C18H31N3O2.ClH/c22-17(21-11-5-1-2-6-12-21)9-10-19-18(23)16-13-14-7-3-4-8-15(14)20-16;/h14-16,20H,1-13H2,(H,19,23);1H. The molecule has 138 valence electrons. The highest BCUT2D eigenvalue weighted by atomic mass is 35.5. The van der Waals surface area contributed by atoms with Gasteiger partial charge in [-0.25, -0.2) is 0 Å². The molecule has 3 atom stereocenters. The number of likely N-dealkylation sites (tertiary alicyclic amines) is 1. The molecule has 2 aliphatic heterocycles. The average molecular weight is 358 g/mol. The van der Waals surface area contributed by atoms with Gasteiger partial charge in [-0.1, -0.05) is 25.7 Å². The molecule has 3 aliphatic rings. The number of nitrogens with one attached hydrogen (secondary N) is 2. The molecule has 2 heterocycles. The zero-order chi connectivity index (χ0) is 16.1. The van der Waals surface area contributed by atoms with E-state index in [2.05, 4.69) is 10.6 Å². The van der Waals surface area contributed by atoms with Crippen molar-refractivity contribution < 1.29 is 9.59 Å². The molecule has 24 heavy (non-hydrogen) atoms. The third-order valence-corrected chi connectivity index (χ3v) is 5.78. The second-order valence-electron chi connectivity index (χ2n) is 7.44. The van der Waals surface area contributed by atoms with Gasteiger partial charge in [0.2, 0.25) is 11.8 Å². The highest BCUT2D eigenvalue weighted by Gasteiger charge is 2.38. The first-order valence-electron chi connectivity index (χ1n) is 9.55. The molecule has 1 saturated carbocycles. The SMILES string of the molecule is Cl.O=C(NCCC(=O)N1CCCCCC1)C1CC2CCCCC2N1. The van der Waals surface area contributed by atoms with E-state index in [-0.39, 0.29) is 30.3 Å². The van der Waals surface area contributed by atoms with Gasteiger partial charge in [-0.2, -0.15) is 0 Å². The van der Waals surface area contributed by atoms with Crippen LogP contribution >= 0.6 is 12.4 Å². The van der Waals surface area contributed by atoms with Crippen LogP contribution in [0.3, 0.4) is 0 Å². The zero-order valence-electron chi connectivity index (χ0n) is 14.6. The molecule has 0 aromatic carbocycles. The van der Waals surface area contributed by atoms with E-state index in [4.69, 9.17) is 0 Å². The predicted octanol–water partition coefficient (Wildman–Crippen LogP) is 2.24. The number of carbonyl (C=O) groups is 2.